The standard InChI is InChI=1S/C23H25N3O5/c1-4-13-29-19-10-8-17(14-20(19)28-5-2)9-11-21(27)30-16(3)23-25-22(26-31-23)18-7-6-12-24-15-18/h6-12,14-16H,4-5,13H2,1-3H3/b11-9+. The summed E-state index contributed by atoms with van der Waals surface area (Å²) in [5, 5.41) is 3.90. The van der Waals surface area contributed by atoms with Crippen molar-refractivity contribution in [3.05, 3.63) is 60.3 Å². The Morgan fingerprint density at radius 3 is 2.81 bits per heavy atom. The first-order valence-electron chi connectivity index (χ1n) is 10.1. The van der Waals surface area contributed by atoms with E-state index in [1.54, 1.807) is 31.5 Å². The summed E-state index contributed by atoms with van der Waals surface area (Å²) in [4.78, 5) is 20.5. The summed E-state index contributed by atoms with van der Waals surface area (Å²) >= 11 is 0. The van der Waals surface area contributed by atoms with Crippen molar-refractivity contribution >= 4 is 12.0 Å². The average molecular weight is 423 g/mol. The monoisotopic (exact) mass is 423 g/mol. The van der Waals surface area contributed by atoms with Gasteiger partial charge >= 0.3 is 5.97 Å². The highest BCUT2D eigenvalue weighted by Crippen LogP contribution is 2.29. The van der Waals surface area contributed by atoms with Gasteiger partial charge in [-0.15, -0.1) is 0 Å². The number of ether oxygens (including phenoxy) is 3. The number of rotatable bonds is 10. The topological polar surface area (TPSA) is 96.6 Å². The van der Waals surface area contributed by atoms with Crippen LogP contribution in [0.3, 0.4) is 0 Å². The number of pyridine rings is 1. The third kappa shape index (κ3) is 6.15. The van der Waals surface area contributed by atoms with Crippen molar-refractivity contribution in [1.29, 1.82) is 0 Å². The second-order valence-corrected chi connectivity index (χ2v) is 6.60. The summed E-state index contributed by atoms with van der Waals surface area (Å²) in [5.41, 5.74) is 1.50. The van der Waals surface area contributed by atoms with Crippen LogP contribution in [0.15, 0.2) is 53.3 Å². The van der Waals surface area contributed by atoms with Crippen molar-refractivity contribution in [1.82, 2.24) is 15.1 Å². The molecule has 0 aliphatic rings. The molecular formula is C23H25N3O5. The Balaban J connectivity index is 1.62. The minimum atomic E-state index is -0.695. The molecule has 0 fully saturated rings. The predicted molar refractivity (Wildman–Crippen MR) is 114 cm³/mol. The second kappa shape index (κ2) is 10.9. The van der Waals surface area contributed by atoms with E-state index in [0.717, 1.165) is 12.0 Å². The molecule has 2 aromatic heterocycles. The third-order valence-corrected chi connectivity index (χ3v) is 4.14. The summed E-state index contributed by atoms with van der Waals surface area (Å²) in [6.07, 6.45) is 6.48. The van der Waals surface area contributed by atoms with Crippen LogP contribution in [0.5, 0.6) is 11.5 Å². The molecule has 8 heteroatoms. The first-order valence-corrected chi connectivity index (χ1v) is 10.1. The number of hydrogen-bond donors (Lipinski definition) is 0. The van der Waals surface area contributed by atoms with E-state index in [2.05, 4.69) is 15.1 Å². The Labute approximate surface area is 180 Å². The molecule has 2 heterocycles. The van der Waals surface area contributed by atoms with Crippen LogP contribution in [0.1, 0.15) is 44.8 Å². The molecule has 0 aliphatic carbocycles. The number of hydrogen-bond acceptors (Lipinski definition) is 8. The van der Waals surface area contributed by atoms with Crippen LogP contribution < -0.4 is 9.47 Å². The van der Waals surface area contributed by atoms with Crippen LogP contribution in [0.2, 0.25) is 0 Å². The lowest BCUT2D eigenvalue weighted by Crippen LogP contribution is -2.06. The van der Waals surface area contributed by atoms with Crippen molar-refractivity contribution in [3.63, 3.8) is 0 Å². The Kier molecular flexibility index (Phi) is 7.75. The lowest BCUT2D eigenvalue weighted by Gasteiger charge is -2.12. The molecule has 31 heavy (non-hydrogen) atoms. The SMILES string of the molecule is CCCOc1ccc(/C=C/C(=O)OC(C)c2nc(-c3cccnc3)no2)cc1OCC. The van der Waals surface area contributed by atoms with Crippen LogP contribution in [0.25, 0.3) is 17.5 Å². The van der Waals surface area contributed by atoms with Crippen molar-refractivity contribution in [3.8, 4) is 22.9 Å². The van der Waals surface area contributed by atoms with Gasteiger partial charge in [0.1, 0.15) is 0 Å². The summed E-state index contributed by atoms with van der Waals surface area (Å²) in [5.74, 6) is 1.37. The van der Waals surface area contributed by atoms with Crippen molar-refractivity contribution < 1.29 is 23.5 Å². The molecule has 0 bridgehead atoms. The number of carbonyl (C=O) groups excluding carboxylic acids is 1. The minimum absolute atomic E-state index is 0.205. The normalized spacial score (nSPS) is 12.0. The zero-order valence-corrected chi connectivity index (χ0v) is 17.8. The fourth-order valence-corrected chi connectivity index (χ4v) is 2.67. The van der Waals surface area contributed by atoms with Crippen LogP contribution in [-0.2, 0) is 9.53 Å². The average Bonchev–Trinajstić information content (AvgIpc) is 3.28. The number of esters is 1. The highest BCUT2D eigenvalue weighted by Gasteiger charge is 2.18. The molecule has 0 radical (unpaired) electrons. The van der Waals surface area contributed by atoms with Gasteiger partial charge in [-0.1, -0.05) is 18.1 Å². The van der Waals surface area contributed by atoms with Crippen molar-refractivity contribution in [2.45, 2.75) is 33.3 Å². The number of aromatic nitrogens is 3. The number of nitrogens with zero attached hydrogens (tertiary/aromatic N) is 3. The lowest BCUT2D eigenvalue weighted by molar-refractivity contribution is -0.143. The maximum atomic E-state index is 12.2. The van der Waals surface area contributed by atoms with E-state index in [4.69, 9.17) is 18.7 Å². The van der Waals surface area contributed by atoms with Gasteiger partial charge < -0.3 is 18.7 Å². The molecular weight excluding hydrogens is 398 g/mol. The van der Waals surface area contributed by atoms with E-state index < -0.39 is 12.1 Å². The van der Waals surface area contributed by atoms with Crippen molar-refractivity contribution in [2.75, 3.05) is 13.2 Å². The molecule has 8 nitrogen and oxygen atoms in total. The molecule has 0 amide bonds. The summed E-state index contributed by atoms with van der Waals surface area (Å²) in [6, 6.07) is 9.08. The summed E-state index contributed by atoms with van der Waals surface area (Å²) in [7, 11) is 0. The van der Waals surface area contributed by atoms with Gasteiger partial charge in [0, 0.05) is 24.0 Å². The Morgan fingerprint density at radius 2 is 2.06 bits per heavy atom. The maximum Gasteiger partial charge on any atom is 0.331 e. The van der Waals surface area contributed by atoms with Gasteiger partial charge in [-0.2, -0.15) is 4.98 Å². The van der Waals surface area contributed by atoms with Gasteiger partial charge in [0.2, 0.25) is 5.82 Å². The van der Waals surface area contributed by atoms with Crippen LogP contribution in [0.4, 0.5) is 0 Å². The van der Waals surface area contributed by atoms with E-state index in [-0.39, 0.29) is 5.89 Å². The first-order chi connectivity index (χ1) is 15.1. The van der Waals surface area contributed by atoms with Gasteiger partial charge in [0.25, 0.3) is 5.89 Å². The van der Waals surface area contributed by atoms with E-state index >= 15 is 0 Å². The second-order valence-electron chi connectivity index (χ2n) is 6.60. The molecule has 0 spiro atoms. The van der Waals surface area contributed by atoms with Crippen LogP contribution in [0, 0.1) is 0 Å². The largest absolute Gasteiger partial charge is 0.490 e. The van der Waals surface area contributed by atoms with Gasteiger partial charge in [-0.3, -0.25) is 4.98 Å². The predicted octanol–water partition coefficient (Wildman–Crippen LogP) is 4.64. The molecule has 0 saturated heterocycles. The lowest BCUT2D eigenvalue weighted by atomic mass is 10.2. The third-order valence-electron chi connectivity index (χ3n) is 4.14. The summed E-state index contributed by atoms with van der Waals surface area (Å²) in [6.45, 7) is 6.73. The van der Waals surface area contributed by atoms with E-state index in [0.29, 0.717) is 36.1 Å². The number of benzene rings is 1. The van der Waals surface area contributed by atoms with Crippen LogP contribution >= 0.6 is 0 Å². The van der Waals surface area contributed by atoms with Gasteiger partial charge in [-0.25, -0.2) is 4.79 Å². The number of carbonyl (C=O) groups is 1. The van der Waals surface area contributed by atoms with Gasteiger partial charge in [0.15, 0.2) is 17.6 Å². The highest BCUT2D eigenvalue weighted by atomic mass is 16.6. The molecule has 162 valence electrons. The fraction of sp³-hybridized carbons (Fsp3) is 0.304. The molecule has 3 aromatic rings. The smallest absolute Gasteiger partial charge is 0.331 e. The molecule has 0 aliphatic heterocycles. The van der Waals surface area contributed by atoms with Gasteiger partial charge in [0.05, 0.1) is 13.2 Å². The zero-order valence-electron chi connectivity index (χ0n) is 17.8. The molecule has 1 atom stereocenters. The minimum Gasteiger partial charge on any atom is -0.490 e. The zero-order chi connectivity index (χ0) is 22.1. The van der Waals surface area contributed by atoms with E-state index in [9.17, 15) is 4.79 Å². The Morgan fingerprint density at radius 1 is 1.19 bits per heavy atom. The van der Waals surface area contributed by atoms with E-state index in [1.807, 2.05) is 38.1 Å². The molecule has 1 aromatic carbocycles. The quantitative estimate of drug-likeness (QED) is 0.344. The first kappa shape index (κ1) is 22.0. The highest BCUT2D eigenvalue weighted by molar-refractivity contribution is 5.87. The fourth-order valence-electron chi connectivity index (χ4n) is 2.67. The molecule has 3 rings (SSSR count). The molecule has 0 saturated carbocycles. The van der Waals surface area contributed by atoms with Crippen molar-refractivity contribution in [2.24, 2.45) is 0 Å². The molecule has 1 unspecified atom stereocenters. The van der Waals surface area contributed by atoms with Gasteiger partial charge in [-0.05, 0) is 56.2 Å². The maximum absolute atomic E-state index is 12.2. The Hall–Kier alpha value is -3.68. The summed E-state index contributed by atoms with van der Waals surface area (Å²) < 4.78 is 21.9. The van der Waals surface area contributed by atoms with Crippen LogP contribution in [-0.4, -0.2) is 34.3 Å². The molecule has 0 N–H and O–H groups in total. The van der Waals surface area contributed by atoms with E-state index in [1.165, 1.54) is 6.08 Å². The Bertz CT molecular complexity index is 1020.